The Labute approximate surface area is 111 Å². The monoisotopic (exact) mass is 331 g/mol. The zero-order valence-electron chi connectivity index (χ0n) is 10.8. The first-order valence-electron chi connectivity index (χ1n) is 5.42. The minimum absolute atomic E-state index is 0.682. The van der Waals surface area contributed by atoms with Gasteiger partial charge in [-0.05, 0) is 6.92 Å². The fraction of sp³-hybridized carbons (Fsp3) is 0.750. The zero-order valence-corrected chi connectivity index (χ0v) is 11.7. The quantitative estimate of drug-likeness (QED) is 0.201. The molecule has 122 valence electrons. The van der Waals surface area contributed by atoms with Crippen molar-refractivity contribution in [3.8, 4) is 0 Å². The van der Waals surface area contributed by atoms with Gasteiger partial charge in [-0.2, -0.15) is 0 Å². The van der Waals surface area contributed by atoms with E-state index in [2.05, 4.69) is 15.0 Å². The minimum atomic E-state index is -10.7. The molecule has 0 amide bonds. The Morgan fingerprint density at radius 1 is 1.20 bits per heavy atom. The van der Waals surface area contributed by atoms with Gasteiger partial charge in [0, 0.05) is 6.21 Å². The van der Waals surface area contributed by atoms with Gasteiger partial charge < -0.3 is 4.74 Å². The Morgan fingerprint density at radius 3 is 2.00 bits per heavy atom. The van der Waals surface area contributed by atoms with Gasteiger partial charge in [0.25, 0.3) is 0 Å². The number of morpholine rings is 1. The van der Waals surface area contributed by atoms with Crippen LogP contribution in [0.3, 0.4) is 0 Å². The van der Waals surface area contributed by atoms with Gasteiger partial charge in [0.05, 0.1) is 20.3 Å². The second kappa shape index (κ2) is 6.13. The molecule has 20 heavy (non-hydrogen) atoms. The molecule has 0 radical (unpaired) electrons. The SMILES string of the molecule is CC=NOC(NC)=[N+]1CCOCC1.F[P-](F)(F)(F)(F)F. The summed E-state index contributed by atoms with van der Waals surface area (Å²) in [5, 5.41) is 6.67. The normalized spacial score (nSPS) is 19.5. The van der Waals surface area contributed by atoms with Crippen molar-refractivity contribution >= 4 is 20.0 Å². The molecule has 12 heteroatoms. The number of ether oxygens (including phenoxy) is 1. The average Bonchev–Trinajstić information content (AvgIpc) is 2.27. The molecule has 0 saturated carbocycles. The molecular formula is C8H16F6N3O2P. The molecule has 1 N–H and O–H groups in total. The third-order valence-corrected chi connectivity index (χ3v) is 1.76. The Kier molecular flexibility index (Phi) is 5.79. The second-order valence-electron chi connectivity index (χ2n) is 3.57. The van der Waals surface area contributed by atoms with Crippen LogP contribution >= 0.6 is 7.81 Å². The molecule has 0 aromatic carbocycles. The molecule has 0 aromatic rings. The van der Waals surface area contributed by atoms with Crippen LogP contribution in [0.5, 0.6) is 0 Å². The molecule has 1 saturated heterocycles. The van der Waals surface area contributed by atoms with E-state index in [0.29, 0.717) is 6.02 Å². The van der Waals surface area contributed by atoms with Crippen LogP contribution in [0.1, 0.15) is 6.92 Å². The average molecular weight is 331 g/mol. The van der Waals surface area contributed by atoms with Gasteiger partial charge in [-0.25, -0.2) is 9.89 Å². The molecule has 0 aromatic heterocycles. The van der Waals surface area contributed by atoms with Crippen LogP contribution in [0.2, 0.25) is 0 Å². The fourth-order valence-corrected chi connectivity index (χ4v) is 1.13. The van der Waals surface area contributed by atoms with Gasteiger partial charge in [-0.1, -0.05) is 5.16 Å². The van der Waals surface area contributed by atoms with Crippen LogP contribution in [0.15, 0.2) is 5.16 Å². The van der Waals surface area contributed by atoms with Crippen molar-refractivity contribution in [1.29, 1.82) is 0 Å². The number of nitrogens with zero attached hydrogens (tertiary/aromatic N) is 2. The van der Waals surface area contributed by atoms with Crippen LogP contribution in [0.4, 0.5) is 25.2 Å². The first-order valence-corrected chi connectivity index (χ1v) is 7.45. The summed E-state index contributed by atoms with van der Waals surface area (Å²) in [5.74, 6) is 0. The van der Waals surface area contributed by atoms with Crippen LogP contribution in [-0.2, 0) is 9.57 Å². The third kappa shape index (κ3) is 15.0. The van der Waals surface area contributed by atoms with Crippen molar-refractivity contribution in [2.75, 3.05) is 33.4 Å². The molecule has 0 unspecified atom stereocenters. The number of hydrogen-bond acceptors (Lipinski definition) is 3. The molecule has 1 aliphatic heterocycles. The summed E-state index contributed by atoms with van der Waals surface area (Å²) in [6, 6.07) is 0.682. The summed E-state index contributed by atoms with van der Waals surface area (Å²) in [6.07, 6.45) is 1.61. The third-order valence-electron chi connectivity index (χ3n) is 1.76. The Balaban J connectivity index is 0.000000441. The number of nitrogens with one attached hydrogen (secondary N) is 1. The fourth-order valence-electron chi connectivity index (χ4n) is 1.13. The summed E-state index contributed by atoms with van der Waals surface area (Å²) in [7, 11) is -8.84. The molecule has 1 rings (SSSR count). The molecule has 0 aliphatic carbocycles. The molecule has 1 aliphatic rings. The molecule has 0 bridgehead atoms. The molecule has 0 spiro atoms. The first kappa shape index (κ1) is 18.9. The van der Waals surface area contributed by atoms with Crippen molar-refractivity contribution in [3.63, 3.8) is 0 Å². The van der Waals surface area contributed by atoms with Gasteiger partial charge in [0.2, 0.25) is 0 Å². The maximum absolute atomic E-state index is 10.7. The molecule has 1 fully saturated rings. The summed E-state index contributed by atoms with van der Waals surface area (Å²) in [6.45, 7) is 4.98. The predicted octanol–water partition coefficient (Wildman–Crippen LogP) is 3.01. The van der Waals surface area contributed by atoms with E-state index in [1.807, 2.05) is 14.0 Å². The van der Waals surface area contributed by atoms with Crippen molar-refractivity contribution in [1.82, 2.24) is 5.32 Å². The summed E-state index contributed by atoms with van der Waals surface area (Å²) in [4.78, 5) is 5.13. The Bertz CT molecular complexity index is 360. The molecular weight excluding hydrogens is 315 g/mol. The van der Waals surface area contributed by atoms with E-state index in [9.17, 15) is 25.2 Å². The number of halogens is 6. The number of oxime groups is 1. The standard InChI is InChI=1S/C8H15N3O2.F6P/c1-3-10-13-8(9-2)11-4-6-12-7-5-11;1-7(2,3,4,5)6/h3H,4-7H2,1-2H3;/q;-1/p+1. The van der Waals surface area contributed by atoms with Crippen molar-refractivity contribution in [2.24, 2.45) is 5.16 Å². The molecule has 0 atom stereocenters. The molecule has 1 heterocycles. The van der Waals surface area contributed by atoms with E-state index < -0.39 is 7.81 Å². The summed E-state index contributed by atoms with van der Waals surface area (Å²) < 4.78 is 66.5. The van der Waals surface area contributed by atoms with E-state index in [1.54, 1.807) is 6.21 Å². The van der Waals surface area contributed by atoms with Gasteiger partial charge in [-0.3, -0.25) is 4.84 Å². The van der Waals surface area contributed by atoms with E-state index in [4.69, 9.17) is 9.57 Å². The van der Waals surface area contributed by atoms with Gasteiger partial charge in [0.15, 0.2) is 0 Å². The molecule has 5 nitrogen and oxygen atoms in total. The van der Waals surface area contributed by atoms with Crippen molar-refractivity contribution in [3.05, 3.63) is 0 Å². The summed E-state index contributed by atoms with van der Waals surface area (Å²) >= 11 is 0. The number of rotatable bonds is 1. The predicted molar refractivity (Wildman–Crippen MR) is 63.7 cm³/mol. The van der Waals surface area contributed by atoms with E-state index in [1.165, 1.54) is 0 Å². The Morgan fingerprint density at radius 2 is 1.65 bits per heavy atom. The summed E-state index contributed by atoms with van der Waals surface area (Å²) in [5.41, 5.74) is 0. The maximum atomic E-state index is 9.87. The van der Waals surface area contributed by atoms with Crippen molar-refractivity contribution < 1.29 is 39.3 Å². The van der Waals surface area contributed by atoms with E-state index >= 15 is 0 Å². The first-order chi connectivity index (χ1) is 8.83. The van der Waals surface area contributed by atoms with Gasteiger partial charge in [-0.15, -0.1) is 0 Å². The van der Waals surface area contributed by atoms with E-state index in [0.717, 1.165) is 26.3 Å². The topological polar surface area (TPSA) is 45.9 Å². The van der Waals surface area contributed by atoms with E-state index in [-0.39, 0.29) is 0 Å². The van der Waals surface area contributed by atoms with Crippen LogP contribution < -0.4 is 5.32 Å². The Hall–Kier alpha value is -1.09. The van der Waals surface area contributed by atoms with Crippen LogP contribution in [0, 0.1) is 0 Å². The number of hydrogen-bond donors (Lipinski definition) is 1. The van der Waals surface area contributed by atoms with Gasteiger partial charge in [0.1, 0.15) is 13.1 Å². The number of amidine groups is 1. The van der Waals surface area contributed by atoms with Crippen molar-refractivity contribution in [2.45, 2.75) is 6.92 Å². The van der Waals surface area contributed by atoms with Crippen LogP contribution in [0.25, 0.3) is 0 Å². The second-order valence-corrected chi connectivity index (χ2v) is 5.48. The van der Waals surface area contributed by atoms with Crippen LogP contribution in [-0.4, -0.2) is 50.2 Å². The zero-order chi connectivity index (χ0) is 15.9. The van der Waals surface area contributed by atoms with Gasteiger partial charge >= 0.3 is 39.0 Å².